The number of aromatic nitrogens is 4. The first-order valence-electron chi connectivity index (χ1n) is 8.76. The van der Waals surface area contributed by atoms with Crippen molar-refractivity contribution in [2.75, 3.05) is 13.4 Å². The Labute approximate surface area is 167 Å². The van der Waals surface area contributed by atoms with Crippen LogP contribution < -0.4 is 16.0 Å². The minimum atomic E-state index is -1.33. The van der Waals surface area contributed by atoms with E-state index in [1.165, 1.54) is 10.9 Å². The lowest BCUT2D eigenvalue weighted by molar-refractivity contribution is 0.414. The van der Waals surface area contributed by atoms with E-state index in [4.69, 9.17) is 4.74 Å². The standard InChI is InChI=1S/C20H18N4O4S/c1-28-14-9-7-13(8-10-14)11-23-19(25)17-18(22-12-21-17)24(20(23)26)15-5-3-4-6-16(15)29(2)27/h3-10,12H,11H2,1-2H3,(H,21,22)/t29-/m1/s1. The summed E-state index contributed by atoms with van der Waals surface area (Å²) in [4.78, 5) is 33.8. The number of rotatable bonds is 5. The molecule has 0 aliphatic carbocycles. The molecule has 0 unspecified atom stereocenters. The summed E-state index contributed by atoms with van der Waals surface area (Å²) in [7, 11) is 0.236. The molecule has 4 aromatic rings. The number of nitrogens with zero attached hydrogens (tertiary/aromatic N) is 3. The first kappa shape index (κ1) is 18.9. The van der Waals surface area contributed by atoms with Gasteiger partial charge < -0.3 is 9.72 Å². The van der Waals surface area contributed by atoms with Gasteiger partial charge in [-0.1, -0.05) is 24.3 Å². The Bertz CT molecular complexity index is 1340. The number of para-hydroxylation sites is 1. The number of aromatic amines is 1. The van der Waals surface area contributed by atoms with Gasteiger partial charge in [0.2, 0.25) is 0 Å². The number of benzene rings is 2. The van der Waals surface area contributed by atoms with Crippen molar-refractivity contribution in [1.29, 1.82) is 0 Å². The second-order valence-corrected chi connectivity index (χ2v) is 7.73. The second kappa shape index (κ2) is 7.51. The molecule has 0 saturated carbocycles. The fraction of sp³-hybridized carbons (Fsp3) is 0.150. The quantitative estimate of drug-likeness (QED) is 0.540. The number of fused-ring (bicyclic) bond motifs is 1. The van der Waals surface area contributed by atoms with E-state index in [2.05, 4.69) is 9.97 Å². The van der Waals surface area contributed by atoms with Crippen LogP contribution in [0.2, 0.25) is 0 Å². The van der Waals surface area contributed by atoms with Crippen LogP contribution in [0.15, 0.2) is 69.3 Å². The maximum Gasteiger partial charge on any atom is 0.337 e. The van der Waals surface area contributed by atoms with Crippen LogP contribution in [0.25, 0.3) is 16.9 Å². The summed E-state index contributed by atoms with van der Waals surface area (Å²) in [5.41, 5.74) is 0.577. The van der Waals surface area contributed by atoms with Gasteiger partial charge in [0.15, 0.2) is 5.65 Å². The van der Waals surface area contributed by atoms with Crippen LogP contribution in [0.3, 0.4) is 0 Å². The molecular formula is C20H18N4O4S. The molecule has 2 aromatic heterocycles. The van der Waals surface area contributed by atoms with Crippen LogP contribution in [0.1, 0.15) is 5.56 Å². The van der Waals surface area contributed by atoms with Crippen LogP contribution in [0.5, 0.6) is 5.75 Å². The second-order valence-electron chi connectivity index (χ2n) is 6.38. The van der Waals surface area contributed by atoms with Gasteiger partial charge in [0.1, 0.15) is 11.3 Å². The normalized spacial score (nSPS) is 12.2. The van der Waals surface area contributed by atoms with Crippen LogP contribution in [-0.2, 0) is 17.3 Å². The number of imidazole rings is 1. The molecule has 0 aliphatic rings. The molecule has 0 aliphatic heterocycles. The lowest BCUT2D eigenvalue weighted by Gasteiger charge is -2.14. The fourth-order valence-corrected chi connectivity index (χ4v) is 3.93. The van der Waals surface area contributed by atoms with Crippen LogP contribution in [-0.4, -0.2) is 36.7 Å². The summed E-state index contributed by atoms with van der Waals surface area (Å²) in [6.45, 7) is 0.0774. The monoisotopic (exact) mass is 410 g/mol. The van der Waals surface area contributed by atoms with Crippen LogP contribution in [0.4, 0.5) is 0 Å². The van der Waals surface area contributed by atoms with Gasteiger partial charge in [-0.05, 0) is 29.8 Å². The molecule has 4 rings (SSSR count). The van der Waals surface area contributed by atoms with Gasteiger partial charge in [0.05, 0.1) is 41.4 Å². The van der Waals surface area contributed by atoms with Crippen molar-refractivity contribution in [2.45, 2.75) is 11.4 Å². The largest absolute Gasteiger partial charge is 0.497 e. The molecule has 2 aromatic carbocycles. The van der Waals surface area contributed by atoms with Crippen molar-refractivity contribution in [2.24, 2.45) is 0 Å². The summed E-state index contributed by atoms with van der Waals surface area (Å²) in [6, 6.07) is 14.0. The van der Waals surface area contributed by atoms with E-state index >= 15 is 0 Å². The molecule has 0 radical (unpaired) electrons. The lowest BCUT2D eigenvalue weighted by atomic mass is 10.2. The molecule has 0 bridgehead atoms. The summed E-state index contributed by atoms with van der Waals surface area (Å²) in [6.07, 6.45) is 2.91. The molecule has 0 fully saturated rings. The van der Waals surface area contributed by atoms with E-state index in [0.29, 0.717) is 16.3 Å². The van der Waals surface area contributed by atoms with Crippen molar-refractivity contribution in [1.82, 2.24) is 19.1 Å². The van der Waals surface area contributed by atoms with Gasteiger partial charge in [-0.2, -0.15) is 0 Å². The Hall–Kier alpha value is -3.46. The smallest absolute Gasteiger partial charge is 0.337 e. The highest BCUT2D eigenvalue weighted by Crippen LogP contribution is 2.19. The molecule has 1 atom stereocenters. The van der Waals surface area contributed by atoms with E-state index in [1.54, 1.807) is 61.9 Å². The highest BCUT2D eigenvalue weighted by Gasteiger charge is 2.19. The van der Waals surface area contributed by atoms with E-state index in [9.17, 15) is 13.8 Å². The summed E-state index contributed by atoms with van der Waals surface area (Å²) in [5, 5.41) is 0. The molecule has 29 heavy (non-hydrogen) atoms. The SMILES string of the molecule is COc1ccc(Cn2c(=O)c3[nH]cnc3n(-c3ccccc3[S@@](C)=O)c2=O)cc1. The third kappa shape index (κ3) is 3.29. The average Bonchev–Trinajstić information content (AvgIpc) is 3.21. The number of hydrogen-bond acceptors (Lipinski definition) is 5. The van der Waals surface area contributed by atoms with Crippen molar-refractivity contribution in [3.8, 4) is 11.4 Å². The molecule has 0 spiro atoms. The van der Waals surface area contributed by atoms with Gasteiger partial charge in [-0.3, -0.25) is 13.6 Å². The van der Waals surface area contributed by atoms with Gasteiger partial charge >= 0.3 is 5.69 Å². The van der Waals surface area contributed by atoms with Gasteiger partial charge in [0.25, 0.3) is 5.56 Å². The Kier molecular flexibility index (Phi) is 4.89. The molecule has 1 N–H and O–H groups in total. The molecule has 0 saturated heterocycles. The number of nitrogens with one attached hydrogen (secondary N) is 1. The zero-order valence-corrected chi connectivity index (χ0v) is 16.6. The maximum absolute atomic E-state index is 13.4. The first-order valence-corrected chi connectivity index (χ1v) is 10.3. The predicted octanol–water partition coefficient (Wildman–Crippen LogP) is 1.67. The zero-order chi connectivity index (χ0) is 20.5. The van der Waals surface area contributed by atoms with Crippen LogP contribution in [0, 0.1) is 0 Å². The van der Waals surface area contributed by atoms with E-state index in [0.717, 1.165) is 10.1 Å². The Morgan fingerprint density at radius 1 is 1.10 bits per heavy atom. The molecule has 0 amide bonds. The number of ether oxygens (including phenoxy) is 1. The zero-order valence-electron chi connectivity index (χ0n) is 15.8. The third-order valence-electron chi connectivity index (χ3n) is 4.63. The highest BCUT2D eigenvalue weighted by molar-refractivity contribution is 7.84. The van der Waals surface area contributed by atoms with Crippen molar-refractivity contribution in [3.05, 3.63) is 81.3 Å². The van der Waals surface area contributed by atoms with Gasteiger partial charge in [-0.15, -0.1) is 0 Å². The van der Waals surface area contributed by atoms with E-state index < -0.39 is 22.0 Å². The first-order chi connectivity index (χ1) is 14.0. The fourth-order valence-electron chi connectivity index (χ4n) is 3.20. The number of hydrogen-bond donors (Lipinski definition) is 1. The Morgan fingerprint density at radius 2 is 1.83 bits per heavy atom. The van der Waals surface area contributed by atoms with Crippen molar-refractivity contribution < 1.29 is 8.95 Å². The summed E-state index contributed by atoms with van der Waals surface area (Å²) in [5.74, 6) is 0.682. The molecule has 8 nitrogen and oxygen atoms in total. The predicted molar refractivity (Wildman–Crippen MR) is 110 cm³/mol. The summed E-state index contributed by atoms with van der Waals surface area (Å²) < 4.78 is 19.8. The van der Waals surface area contributed by atoms with Crippen molar-refractivity contribution in [3.63, 3.8) is 0 Å². The molecular weight excluding hydrogens is 392 g/mol. The Morgan fingerprint density at radius 3 is 2.52 bits per heavy atom. The topological polar surface area (TPSA) is 99.0 Å². The van der Waals surface area contributed by atoms with Crippen LogP contribution >= 0.6 is 0 Å². The minimum Gasteiger partial charge on any atom is -0.497 e. The molecule has 2 heterocycles. The van der Waals surface area contributed by atoms with E-state index in [-0.39, 0.29) is 17.7 Å². The van der Waals surface area contributed by atoms with Crippen molar-refractivity contribution >= 4 is 22.0 Å². The molecule has 148 valence electrons. The highest BCUT2D eigenvalue weighted by atomic mass is 32.2. The van der Waals surface area contributed by atoms with E-state index in [1.807, 2.05) is 0 Å². The lowest BCUT2D eigenvalue weighted by Crippen LogP contribution is -2.40. The average molecular weight is 410 g/mol. The number of methoxy groups -OCH3 is 1. The number of H-pyrrole nitrogens is 1. The molecule has 9 heteroatoms. The minimum absolute atomic E-state index is 0.0774. The van der Waals surface area contributed by atoms with Gasteiger partial charge in [-0.25, -0.2) is 14.3 Å². The summed E-state index contributed by atoms with van der Waals surface area (Å²) >= 11 is 0. The maximum atomic E-state index is 13.4. The third-order valence-corrected chi connectivity index (χ3v) is 5.59. The van der Waals surface area contributed by atoms with Gasteiger partial charge in [0, 0.05) is 6.26 Å². The Balaban J connectivity index is 1.97.